The fraction of sp³-hybridized carbons (Fsp3) is 0.455. The quantitative estimate of drug-likeness (QED) is 0.660. The largest absolute Gasteiger partial charge is 0.378 e. The summed E-state index contributed by atoms with van der Waals surface area (Å²) < 4.78 is 8.26. The van der Waals surface area contributed by atoms with E-state index < -0.39 is 0 Å². The van der Waals surface area contributed by atoms with Gasteiger partial charge in [-0.15, -0.1) is 0 Å². The lowest BCUT2D eigenvalue weighted by atomic mass is 10.1. The van der Waals surface area contributed by atoms with Crippen molar-refractivity contribution in [3.63, 3.8) is 0 Å². The first-order valence-electron chi connectivity index (χ1n) is 10.3. The van der Waals surface area contributed by atoms with Gasteiger partial charge >= 0.3 is 0 Å². The van der Waals surface area contributed by atoms with Gasteiger partial charge in [-0.05, 0) is 43.0 Å². The highest BCUT2D eigenvalue weighted by Crippen LogP contribution is 2.24. The zero-order chi connectivity index (χ0) is 21.4. The smallest absolute Gasteiger partial charge is 0.293 e. The van der Waals surface area contributed by atoms with Gasteiger partial charge in [-0.3, -0.25) is 9.59 Å². The highest BCUT2D eigenvalue weighted by Gasteiger charge is 2.22. The second kappa shape index (κ2) is 8.02. The average molecular weight is 409 g/mol. The van der Waals surface area contributed by atoms with Crippen LogP contribution < -0.4 is 5.56 Å². The van der Waals surface area contributed by atoms with Crippen molar-refractivity contribution in [2.75, 3.05) is 26.3 Å². The normalized spacial score (nSPS) is 14.6. The molecule has 158 valence electrons. The second-order valence-corrected chi connectivity index (χ2v) is 8.08. The summed E-state index contributed by atoms with van der Waals surface area (Å²) in [7, 11) is 0. The van der Waals surface area contributed by atoms with E-state index in [1.54, 1.807) is 15.8 Å². The molecule has 0 unspecified atom stereocenters. The molecule has 30 heavy (non-hydrogen) atoms. The van der Waals surface area contributed by atoms with Crippen LogP contribution in [0.3, 0.4) is 0 Å². The van der Waals surface area contributed by atoms with Gasteiger partial charge in [0.15, 0.2) is 0 Å². The number of aromatic nitrogens is 4. The number of carbonyl (C=O) groups excluding carboxylic acids is 1. The van der Waals surface area contributed by atoms with Gasteiger partial charge in [0, 0.05) is 18.5 Å². The maximum Gasteiger partial charge on any atom is 0.293 e. The highest BCUT2D eigenvalue weighted by atomic mass is 16.5. The molecule has 0 N–H and O–H groups in total. The van der Waals surface area contributed by atoms with Gasteiger partial charge in [0.2, 0.25) is 5.91 Å². The van der Waals surface area contributed by atoms with Crippen LogP contribution in [-0.2, 0) is 16.1 Å². The number of hydrogen-bond acceptors (Lipinski definition) is 5. The zero-order valence-corrected chi connectivity index (χ0v) is 17.9. The number of hydrogen-bond donors (Lipinski definition) is 0. The number of fused-ring (bicyclic) bond motifs is 1. The Labute approximate surface area is 175 Å². The van der Waals surface area contributed by atoms with Crippen LogP contribution in [0.5, 0.6) is 0 Å². The Hall–Kier alpha value is -3.00. The van der Waals surface area contributed by atoms with Crippen LogP contribution >= 0.6 is 0 Å². The fourth-order valence-corrected chi connectivity index (χ4v) is 3.72. The molecule has 1 fully saturated rings. The summed E-state index contributed by atoms with van der Waals surface area (Å²) in [6, 6.07) is 5.98. The molecule has 8 nitrogen and oxygen atoms in total. The van der Waals surface area contributed by atoms with E-state index in [0.29, 0.717) is 31.8 Å². The molecule has 2 aromatic heterocycles. The van der Waals surface area contributed by atoms with Gasteiger partial charge in [-0.1, -0.05) is 19.9 Å². The third-order valence-corrected chi connectivity index (χ3v) is 5.64. The Bertz CT molecular complexity index is 1160. The Morgan fingerprint density at radius 2 is 1.90 bits per heavy atom. The molecule has 4 rings (SSSR count). The standard InChI is InChI=1S/C22H27N5O3/c1-14(2)20-18-12-23-27(17-6-5-15(3)16(4)11-17)21(18)22(29)26(24-20)13-19(28)25-7-9-30-10-8-25/h5-6,11-12,14H,7-10,13H2,1-4H3. The lowest BCUT2D eigenvalue weighted by Crippen LogP contribution is -2.44. The predicted octanol–water partition coefficient (Wildman–Crippen LogP) is 2.18. The summed E-state index contributed by atoms with van der Waals surface area (Å²) >= 11 is 0. The molecule has 1 amide bonds. The lowest BCUT2D eigenvalue weighted by molar-refractivity contribution is -0.136. The third-order valence-electron chi connectivity index (χ3n) is 5.64. The Kier molecular flexibility index (Phi) is 5.42. The van der Waals surface area contributed by atoms with E-state index in [0.717, 1.165) is 22.3 Å². The van der Waals surface area contributed by atoms with Crippen molar-refractivity contribution < 1.29 is 9.53 Å². The first-order chi connectivity index (χ1) is 14.4. The molecule has 3 aromatic rings. The first-order valence-corrected chi connectivity index (χ1v) is 10.3. The summed E-state index contributed by atoms with van der Waals surface area (Å²) in [4.78, 5) is 27.9. The number of nitrogens with zero attached hydrogens (tertiary/aromatic N) is 5. The van der Waals surface area contributed by atoms with Crippen LogP contribution in [0.15, 0.2) is 29.2 Å². The van der Waals surface area contributed by atoms with E-state index in [9.17, 15) is 9.59 Å². The molecular formula is C22H27N5O3. The van der Waals surface area contributed by atoms with Crippen molar-refractivity contribution in [3.8, 4) is 5.69 Å². The molecule has 0 bridgehead atoms. The maximum atomic E-state index is 13.4. The third kappa shape index (κ3) is 3.63. The summed E-state index contributed by atoms with van der Waals surface area (Å²) in [6.45, 7) is 10.1. The monoisotopic (exact) mass is 409 g/mol. The summed E-state index contributed by atoms with van der Waals surface area (Å²) in [5, 5.41) is 9.77. The van der Waals surface area contributed by atoms with Gasteiger partial charge in [0.05, 0.1) is 30.8 Å². The van der Waals surface area contributed by atoms with E-state index >= 15 is 0 Å². The van der Waals surface area contributed by atoms with Crippen molar-refractivity contribution >= 4 is 16.8 Å². The molecule has 0 radical (unpaired) electrons. The van der Waals surface area contributed by atoms with Crippen molar-refractivity contribution in [1.29, 1.82) is 0 Å². The van der Waals surface area contributed by atoms with E-state index in [4.69, 9.17) is 4.74 Å². The van der Waals surface area contributed by atoms with E-state index in [-0.39, 0.29) is 23.9 Å². The minimum atomic E-state index is -0.313. The summed E-state index contributed by atoms with van der Waals surface area (Å²) in [5.74, 6) is -0.0468. The Balaban J connectivity index is 1.83. The molecule has 0 atom stereocenters. The predicted molar refractivity (Wildman–Crippen MR) is 114 cm³/mol. The molecule has 8 heteroatoms. The van der Waals surface area contributed by atoms with Crippen molar-refractivity contribution in [3.05, 3.63) is 51.6 Å². The molecule has 1 saturated heterocycles. The number of amides is 1. The SMILES string of the molecule is Cc1ccc(-n2ncc3c(C(C)C)nn(CC(=O)N4CCOCC4)c(=O)c32)cc1C. The van der Waals surface area contributed by atoms with Crippen LogP contribution in [0, 0.1) is 13.8 Å². The molecule has 0 aliphatic carbocycles. The van der Waals surface area contributed by atoms with Gasteiger partial charge in [0.1, 0.15) is 12.1 Å². The number of ether oxygens (including phenoxy) is 1. The number of carbonyl (C=O) groups is 1. The molecule has 0 saturated carbocycles. The van der Waals surface area contributed by atoms with Gasteiger partial charge in [-0.2, -0.15) is 10.2 Å². The van der Waals surface area contributed by atoms with Crippen molar-refractivity contribution in [2.24, 2.45) is 0 Å². The van der Waals surface area contributed by atoms with E-state index in [2.05, 4.69) is 10.2 Å². The van der Waals surface area contributed by atoms with Gasteiger partial charge in [-0.25, -0.2) is 9.36 Å². The number of aryl methyl sites for hydroxylation is 2. The highest BCUT2D eigenvalue weighted by molar-refractivity contribution is 5.82. The van der Waals surface area contributed by atoms with E-state index in [1.165, 1.54) is 10.2 Å². The van der Waals surface area contributed by atoms with Crippen LogP contribution in [-0.4, -0.2) is 56.7 Å². The Morgan fingerprint density at radius 1 is 1.17 bits per heavy atom. The molecule has 1 aliphatic heterocycles. The second-order valence-electron chi connectivity index (χ2n) is 8.08. The molecule has 1 aromatic carbocycles. The topological polar surface area (TPSA) is 82.2 Å². The molecular weight excluding hydrogens is 382 g/mol. The minimum absolute atomic E-state index is 0.0789. The minimum Gasteiger partial charge on any atom is -0.378 e. The summed E-state index contributed by atoms with van der Waals surface area (Å²) in [6.07, 6.45) is 1.70. The van der Waals surface area contributed by atoms with Crippen LogP contribution in [0.2, 0.25) is 0 Å². The number of morpholine rings is 1. The molecule has 0 spiro atoms. The van der Waals surface area contributed by atoms with Crippen LogP contribution in [0.25, 0.3) is 16.6 Å². The average Bonchev–Trinajstić information content (AvgIpc) is 3.18. The van der Waals surface area contributed by atoms with Crippen molar-refractivity contribution in [2.45, 2.75) is 40.2 Å². The fourth-order valence-electron chi connectivity index (χ4n) is 3.72. The molecule has 3 heterocycles. The van der Waals surface area contributed by atoms with Gasteiger partial charge in [0.25, 0.3) is 5.56 Å². The van der Waals surface area contributed by atoms with Gasteiger partial charge < -0.3 is 9.64 Å². The van der Waals surface area contributed by atoms with E-state index in [1.807, 2.05) is 45.9 Å². The van der Waals surface area contributed by atoms with Crippen molar-refractivity contribution in [1.82, 2.24) is 24.5 Å². The summed E-state index contributed by atoms with van der Waals surface area (Å²) in [5.41, 5.74) is 4.01. The van der Waals surface area contributed by atoms with Crippen LogP contribution in [0.1, 0.15) is 36.6 Å². The number of rotatable bonds is 4. The maximum absolute atomic E-state index is 13.4. The lowest BCUT2D eigenvalue weighted by Gasteiger charge is -2.27. The van der Waals surface area contributed by atoms with Crippen LogP contribution in [0.4, 0.5) is 0 Å². The first kappa shape index (κ1) is 20.3. The Morgan fingerprint density at radius 3 is 2.57 bits per heavy atom. The molecule has 1 aliphatic rings. The number of benzene rings is 1. The zero-order valence-electron chi connectivity index (χ0n) is 17.9.